The molecule has 1 atom stereocenters. The van der Waals surface area contributed by atoms with E-state index < -0.39 is 5.91 Å². The molecule has 0 fully saturated rings. The van der Waals surface area contributed by atoms with Gasteiger partial charge in [-0.2, -0.15) is 5.26 Å². The predicted octanol–water partition coefficient (Wildman–Crippen LogP) is 4.64. The van der Waals surface area contributed by atoms with Crippen LogP contribution in [0.15, 0.2) is 52.5 Å². The van der Waals surface area contributed by atoms with E-state index in [4.69, 9.17) is 15.9 Å². The lowest BCUT2D eigenvalue weighted by Gasteiger charge is -2.14. The molecule has 1 N–H and O–H groups in total. The maximum atomic E-state index is 12.6. The summed E-state index contributed by atoms with van der Waals surface area (Å²) in [6, 6.07) is 14.7. The van der Waals surface area contributed by atoms with Gasteiger partial charge in [0.25, 0.3) is 5.91 Å². The van der Waals surface area contributed by atoms with Crippen molar-refractivity contribution in [1.82, 2.24) is 5.32 Å². The van der Waals surface area contributed by atoms with Gasteiger partial charge in [0.2, 0.25) is 0 Å². The van der Waals surface area contributed by atoms with E-state index in [1.807, 2.05) is 50.2 Å². The second-order valence-electron chi connectivity index (χ2n) is 6.02. The average molecular weight is 453 g/mol. The molecule has 148 valence electrons. The van der Waals surface area contributed by atoms with Gasteiger partial charge < -0.3 is 14.8 Å². The number of hydrogen-bond acceptors (Lipinski definition) is 4. The van der Waals surface area contributed by atoms with Crippen LogP contribution in [0.25, 0.3) is 6.08 Å². The highest BCUT2D eigenvalue weighted by atomic mass is 79.9. The molecule has 0 saturated carbocycles. The summed E-state index contributed by atoms with van der Waals surface area (Å²) < 4.78 is 11.7. The minimum absolute atomic E-state index is 0.0202. The summed E-state index contributed by atoms with van der Waals surface area (Å²) in [7, 11) is 0. The summed E-state index contributed by atoms with van der Waals surface area (Å²) in [5.41, 5.74) is 1.54. The Kier molecular flexibility index (Phi) is 8.33. The quantitative estimate of drug-likeness (QED) is 0.359. The number of amides is 1. The van der Waals surface area contributed by atoms with Crippen molar-refractivity contribution in [3.05, 3.63) is 63.6 Å². The van der Waals surface area contributed by atoms with Crippen LogP contribution in [0.4, 0.5) is 0 Å². The number of hydrogen-bond donors (Lipinski definition) is 1. The summed E-state index contributed by atoms with van der Waals surface area (Å²) in [6.07, 6.45) is 6.75. The smallest absolute Gasteiger partial charge is 0.262 e. The third kappa shape index (κ3) is 6.14. The van der Waals surface area contributed by atoms with Crippen LogP contribution in [0, 0.1) is 23.7 Å². The summed E-state index contributed by atoms with van der Waals surface area (Å²) in [6.45, 7) is 4.24. The predicted molar refractivity (Wildman–Crippen MR) is 116 cm³/mol. The molecule has 0 bridgehead atoms. The van der Waals surface area contributed by atoms with E-state index >= 15 is 0 Å². The van der Waals surface area contributed by atoms with Gasteiger partial charge in [-0.15, -0.1) is 6.42 Å². The first kappa shape index (κ1) is 22.1. The van der Waals surface area contributed by atoms with E-state index in [-0.39, 0.29) is 18.2 Å². The first-order valence-electron chi connectivity index (χ1n) is 9.00. The lowest BCUT2D eigenvalue weighted by Crippen LogP contribution is -2.27. The second kappa shape index (κ2) is 10.9. The van der Waals surface area contributed by atoms with Gasteiger partial charge in [-0.05, 0) is 43.2 Å². The summed E-state index contributed by atoms with van der Waals surface area (Å²) >= 11 is 3.45. The number of carbonyl (C=O) groups excluding carboxylic acids is 1. The van der Waals surface area contributed by atoms with E-state index in [0.29, 0.717) is 28.1 Å². The fourth-order valence-corrected chi connectivity index (χ4v) is 3.00. The van der Waals surface area contributed by atoms with Gasteiger partial charge in [0.15, 0.2) is 11.5 Å². The normalized spacial score (nSPS) is 11.7. The third-order valence-corrected chi connectivity index (χ3v) is 4.67. The minimum Gasteiger partial charge on any atom is -0.490 e. The maximum Gasteiger partial charge on any atom is 0.262 e. The Bertz CT molecular complexity index is 972. The Labute approximate surface area is 179 Å². The number of nitrogens with zero attached hydrogens (tertiary/aromatic N) is 1. The number of carbonyl (C=O) groups is 1. The highest BCUT2D eigenvalue weighted by Crippen LogP contribution is 2.35. The molecule has 6 heteroatoms. The molecule has 0 heterocycles. The SMILES string of the molecule is C#CCOc1cc(Br)c(/C=C(/C#N)C(=O)N[C@@H](C)c2ccccc2)cc1OCC. The van der Waals surface area contributed by atoms with Crippen LogP contribution in [0.1, 0.15) is 31.0 Å². The number of ether oxygens (including phenoxy) is 2. The lowest BCUT2D eigenvalue weighted by atomic mass is 10.1. The van der Waals surface area contributed by atoms with Crippen LogP contribution < -0.4 is 14.8 Å². The van der Waals surface area contributed by atoms with Gasteiger partial charge in [-0.25, -0.2) is 0 Å². The van der Waals surface area contributed by atoms with Crippen LogP contribution in [0.2, 0.25) is 0 Å². The summed E-state index contributed by atoms with van der Waals surface area (Å²) in [5, 5.41) is 12.3. The number of benzene rings is 2. The molecule has 5 nitrogen and oxygen atoms in total. The monoisotopic (exact) mass is 452 g/mol. The average Bonchev–Trinajstić information content (AvgIpc) is 2.73. The standard InChI is InChI=1S/C23H21BrN2O3/c1-4-11-29-22-14-20(24)18(13-21(22)28-5-2)12-19(15-25)23(27)26-16(3)17-9-7-6-8-10-17/h1,6-10,12-14,16H,5,11H2,2-3H3,(H,26,27)/b19-12-/t16-/m0/s1. The molecule has 0 aliphatic rings. The van der Waals surface area contributed by atoms with Crippen LogP contribution >= 0.6 is 15.9 Å². The molecule has 0 unspecified atom stereocenters. The highest BCUT2D eigenvalue weighted by molar-refractivity contribution is 9.10. The van der Waals surface area contributed by atoms with E-state index in [9.17, 15) is 10.1 Å². The molecule has 0 aliphatic heterocycles. The van der Waals surface area contributed by atoms with Crippen molar-refractivity contribution in [2.45, 2.75) is 19.9 Å². The van der Waals surface area contributed by atoms with Crippen molar-refractivity contribution in [2.75, 3.05) is 13.2 Å². The van der Waals surface area contributed by atoms with Crippen molar-refractivity contribution in [1.29, 1.82) is 5.26 Å². The fourth-order valence-electron chi connectivity index (χ4n) is 2.57. The Hall–Kier alpha value is -3.22. The molecule has 2 aromatic carbocycles. The van der Waals surface area contributed by atoms with Crippen LogP contribution in [-0.2, 0) is 4.79 Å². The van der Waals surface area contributed by atoms with E-state index in [0.717, 1.165) is 5.56 Å². The number of nitriles is 1. The number of halogens is 1. The van der Waals surface area contributed by atoms with E-state index in [1.165, 1.54) is 6.08 Å². The van der Waals surface area contributed by atoms with Crippen LogP contribution in [0.5, 0.6) is 11.5 Å². The highest BCUT2D eigenvalue weighted by Gasteiger charge is 2.16. The molecular formula is C23H21BrN2O3. The van der Waals surface area contributed by atoms with E-state index in [2.05, 4.69) is 27.2 Å². The van der Waals surface area contributed by atoms with Gasteiger partial charge in [0.05, 0.1) is 12.6 Å². The molecule has 1 amide bonds. The molecule has 0 spiro atoms. The Morgan fingerprint density at radius 2 is 1.97 bits per heavy atom. The van der Waals surface area contributed by atoms with Crippen LogP contribution in [-0.4, -0.2) is 19.1 Å². The Morgan fingerprint density at radius 3 is 2.59 bits per heavy atom. The van der Waals surface area contributed by atoms with Crippen molar-refractivity contribution in [2.24, 2.45) is 0 Å². The molecule has 0 aliphatic carbocycles. The minimum atomic E-state index is -0.457. The topological polar surface area (TPSA) is 71.3 Å². The summed E-state index contributed by atoms with van der Waals surface area (Å²) in [5.74, 6) is 2.91. The first-order valence-corrected chi connectivity index (χ1v) is 9.79. The molecule has 29 heavy (non-hydrogen) atoms. The zero-order valence-electron chi connectivity index (χ0n) is 16.2. The Balaban J connectivity index is 2.29. The molecule has 0 saturated heterocycles. The Morgan fingerprint density at radius 1 is 1.28 bits per heavy atom. The summed E-state index contributed by atoms with van der Waals surface area (Å²) in [4.78, 5) is 12.6. The molecular weight excluding hydrogens is 432 g/mol. The number of rotatable bonds is 8. The van der Waals surface area contributed by atoms with Crippen LogP contribution in [0.3, 0.4) is 0 Å². The third-order valence-electron chi connectivity index (χ3n) is 3.99. The second-order valence-corrected chi connectivity index (χ2v) is 6.88. The maximum absolute atomic E-state index is 12.6. The van der Waals surface area contributed by atoms with E-state index in [1.54, 1.807) is 12.1 Å². The zero-order chi connectivity index (χ0) is 21.2. The molecule has 0 aromatic heterocycles. The number of nitrogens with one attached hydrogen (secondary N) is 1. The van der Waals surface area contributed by atoms with Crippen molar-refractivity contribution >= 4 is 27.9 Å². The fraction of sp³-hybridized carbons (Fsp3) is 0.217. The number of terminal acetylenes is 1. The van der Waals surface area contributed by atoms with Crippen molar-refractivity contribution in [3.63, 3.8) is 0 Å². The van der Waals surface area contributed by atoms with Gasteiger partial charge in [-0.1, -0.05) is 52.2 Å². The van der Waals surface area contributed by atoms with Crippen molar-refractivity contribution in [3.8, 4) is 29.9 Å². The van der Waals surface area contributed by atoms with Gasteiger partial charge in [-0.3, -0.25) is 4.79 Å². The largest absolute Gasteiger partial charge is 0.490 e. The van der Waals surface area contributed by atoms with Crippen molar-refractivity contribution < 1.29 is 14.3 Å². The van der Waals surface area contributed by atoms with Gasteiger partial charge >= 0.3 is 0 Å². The molecule has 0 radical (unpaired) electrons. The lowest BCUT2D eigenvalue weighted by molar-refractivity contribution is -0.117. The molecule has 2 aromatic rings. The molecule has 2 rings (SSSR count). The zero-order valence-corrected chi connectivity index (χ0v) is 17.8. The first-order chi connectivity index (χ1) is 14.0. The van der Waals surface area contributed by atoms with Gasteiger partial charge in [0, 0.05) is 4.47 Å². The van der Waals surface area contributed by atoms with Gasteiger partial charge in [0.1, 0.15) is 18.2 Å².